The van der Waals surface area contributed by atoms with E-state index in [4.69, 9.17) is 11.6 Å². The normalized spacial score (nSPS) is 21.9. The van der Waals surface area contributed by atoms with Crippen LogP contribution in [0.25, 0.3) is 0 Å². The Morgan fingerprint density at radius 2 is 2.19 bits per heavy atom. The Labute approximate surface area is 92.6 Å². The second kappa shape index (κ2) is 3.62. The Morgan fingerprint density at radius 3 is 2.62 bits per heavy atom. The fraction of sp³-hybridized carbons (Fsp3) is 0.571. The summed E-state index contributed by atoms with van der Waals surface area (Å²) in [6.07, 6.45) is -4.52. The minimum absolute atomic E-state index is 0.0808. The number of halogens is 4. The third-order valence-corrected chi connectivity index (χ3v) is 2.35. The highest BCUT2D eigenvalue weighted by atomic mass is 35.5. The van der Waals surface area contributed by atoms with Crippen molar-refractivity contribution in [2.75, 3.05) is 11.4 Å². The average Bonchev–Trinajstić information content (AvgIpc) is 2.70. The molecular weight excluding hydrogens is 249 g/mol. The highest BCUT2D eigenvalue weighted by molar-refractivity contribution is 6.24. The van der Waals surface area contributed by atoms with E-state index in [0.717, 1.165) is 4.90 Å². The number of nitrogens with one attached hydrogen (secondary N) is 1. The summed E-state index contributed by atoms with van der Waals surface area (Å²) >= 11 is 5.70. The van der Waals surface area contributed by atoms with Gasteiger partial charge in [-0.1, -0.05) is 0 Å². The summed E-state index contributed by atoms with van der Waals surface area (Å²) in [4.78, 5) is 15.5. The van der Waals surface area contributed by atoms with Gasteiger partial charge in [0.15, 0.2) is 0 Å². The zero-order valence-electron chi connectivity index (χ0n) is 7.75. The minimum Gasteiger partial charge on any atom is -0.278 e. The highest BCUT2D eigenvalue weighted by Gasteiger charge is 2.38. The Bertz CT molecular complexity index is 418. The summed E-state index contributed by atoms with van der Waals surface area (Å²) in [6.45, 7) is 0.121. The first-order valence-corrected chi connectivity index (χ1v) is 4.75. The molecule has 1 atom stereocenters. The molecule has 9 heteroatoms. The molecule has 1 fully saturated rings. The van der Waals surface area contributed by atoms with Crippen molar-refractivity contribution < 1.29 is 18.0 Å². The number of H-pyrrole nitrogens is 1. The Kier molecular flexibility index (Phi) is 2.53. The first-order valence-electron chi connectivity index (χ1n) is 4.32. The number of rotatable bonds is 1. The van der Waals surface area contributed by atoms with E-state index in [1.165, 1.54) is 0 Å². The van der Waals surface area contributed by atoms with E-state index in [9.17, 15) is 18.0 Å². The van der Waals surface area contributed by atoms with Crippen molar-refractivity contribution in [1.82, 2.24) is 15.2 Å². The largest absolute Gasteiger partial charge is 0.451 e. The molecule has 1 aliphatic heterocycles. The van der Waals surface area contributed by atoms with Gasteiger partial charge in [-0.25, -0.2) is 0 Å². The van der Waals surface area contributed by atoms with Gasteiger partial charge in [0.25, 0.3) is 5.95 Å². The van der Waals surface area contributed by atoms with Crippen LogP contribution in [0.15, 0.2) is 0 Å². The Morgan fingerprint density at radius 1 is 1.50 bits per heavy atom. The summed E-state index contributed by atoms with van der Waals surface area (Å²) in [5.74, 6) is -1.90. The van der Waals surface area contributed by atoms with E-state index in [1.54, 1.807) is 5.10 Å². The predicted octanol–water partition coefficient (Wildman–Crippen LogP) is 1.17. The van der Waals surface area contributed by atoms with E-state index in [0.29, 0.717) is 0 Å². The van der Waals surface area contributed by atoms with Gasteiger partial charge < -0.3 is 0 Å². The lowest BCUT2D eigenvalue weighted by molar-refractivity contribution is -0.144. The van der Waals surface area contributed by atoms with Crippen LogP contribution in [-0.2, 0) is 11.0 Å². The standard InChI is InChI=1S/C7H6ClF3N4O/c8-3-1-4(16)15(2-3)6-12-5(13-14-6)7(9,10)11/h3H,1-2H2,(H,12,13,14). The van der Waals surface area contributed by atoms with E-state index < -0.39 is 17.4 Å². The van der Waals surface area contributed by atoms with Gasteiger partial charge in [0.05, 0.1) is 5.38 Å². The average molecular weight is 255 g/mol. The molecule has 0 aromatic carbocycles. The molecule has 16 heavy (non-hydrogen) atoms. The lowest BCUT2D eigenvalue weighted by Crippen LogP contribution is -2.25. The molecule has 1 aromatic rings. The van der Waals surface area contributed by atoms with Crippen molar-refractivity contribution in [3.8, 4) is 0 Å². The van der Waals surface area contributed by atoms with Crippen LogP contribution in [-0.4, -0.2) is 33.0 Å². The summed E-state index contributed by atoms with van der Waals surface area (Å²) in [7, 11) is 0. The molecule has 2 rings (SSSR count). The summed E-state index contributed by atoms with van der Waals surface area (Å²) in [5.41, 5.74) is 0. The lowest BCUT2D eigenvalue weighted by Gasteiger charge is -2.09. The molecule has 1 saturated heterocycles. The molecule has 0 saturated carbocycles. The van der Waals surface area contributed by atoms with Gasteiger partial charge in [-0.05, 0) is 0 Å². The van der Waals surface area contributed by atoms with Crippen molar-refractivity contribution in [2.45, 2.75) is 18.0 Å². The van der Waals surface area contributed by atoms with Gasteiger partial charge in [0.1, 0.15) is 0 Å². The highest BCUT2D eigenvalue weighted by Crippen LogP contribution is 2.28. The fourth-order valence-corrected chi connectivity index (χ4v) is 1.63. The molecule has 0 aliphatic carbocycles. The van der Waals surface area contributed by atoms with Crippen LogP contribution >= 0.6 is 11.6 Å². The number of carbonyl (C=O) groups excluding carboxylic acids is 1. The van der Waals surface area contributed by atoms with Crippen molar-refractivity contribution in [1.29, 1.82) is 0 Å². The van der Waals surface area contributed by atoms with Gasteiger partial charge in [-0.2, -0.15) is 18.2 Å². The Balaban J connectivity index is 2.23. The molecule has 1 unspecified atom stereocenters. The van der Waals surface area contributed by atoms with Crippen LogP contribution in [0.3, 0.4) is 0 Å². The minimum atomic E-state index is -4.60. The first-order chi connectivity index (χ1) is 7.38. The van der Waals surface area contributed by atoms with Gasteiger partial charge in [-0.3, -0.25) is 14.8 Å². The third-order valence-electron chi connectivity index (χ3n) is 2.06. The van der Waals surface area contributed by atoms with Crippen molar-refractivity contribution in [2.24, 2.45) is 0 Å². The topological polar surface area (TPSA) is 61.9 Å². The van der Waals surface area contributed by atoms with E-state index >= 15 is 0 Å². The molecule has 0 bridgehead atoms. The SMILES string of the molecule is O=C1CC(Cl)CN1c1n[nH]c(C(F)(F)F)n1. The Hall–Kier alpha value is -1.31. The molecular formula is C7H6ClF3N4O. The van der Waals surface area contributed by atoms with Crippen molar-refractivity contribution in [3.63, 3.8) is 0 Å². The van der Waals surface area contributed by atoms with Crippen LogP contribution < -0.4 is 4.90 Å². The molecule has 88 valence electrons. The number of carbonyl (C=O) groups is 1. The van der Waals surface area contributed by atoms with Crippen LogP contribution in [0.2, 0.25) is 0 Å². The van der Waals surface area contributed by atoms with Crippen molar-refractivity contribution >= 4 is 23.5 Å². The smallest absolute Gasteiger partial charge is 0.278 e. The molecule has 1 aromatic heterocycles. The monoisotopic (exact) mass is 254 g/mol. The second-order valence-corrected chi connectivity index (χ2v) is 3.90. The zero-order chi connectivity index (χ0) is 11.9. The summed E-state index contributed by atoms with van der Waals surface area (Å²) < 4.78 is 36.6. The summed E-state index contributed by atoms with van der Waals surface area (Å²) in [6, 6.07) is 0. The number of hydrogen-bond donors (Lipinski definition) is 1. The lowest BCUT2D eigenvalue weighted by atomic mass is 10.4. The van der Waals surface area contributed by atoms with Gasteiger partial charge in [-0.15, -0.1) is 16.7 Å². The number of amides is 1. The molecule has 2 heterocycles. The van der Waals surface area contributed by atoms with Crippen LogP contribution in [0, 0.1) is 0 Å². The third kappa shape index (κ3) is 1.97. The van der Waals surface area contributed by atoms with Gasteiger partial charge >= 0.3 is 6.18 Å². The van der Waals surface area contributed by atoms with Crippen LogP contribution in [0.5, 0.6) is 0 Å². The predicted molar refractivity (Wildman–Crippen MR) is 48.0 cm³/mol. The van der Waals surface area contributed by atoms with Crippen LogP contribution in [0.1, 0.15) is 12.2 Å². The van der Waals surface area contributed by atoms with Gasteiger partial charge in [0, 0.05) is 13.0 Å². The van der Waals surface area contributed by atoms with Gasteiger partial charge in [0.2, 0.25) is 11.7 Å². The zero-order valence-corrected chi connectivity index (χ0v) is 8.51. The molecule has 5 nitrogen and oxygen atoms in total. The van der Waals surface area contributed by atoms with E-state index in [2.05, 4.69) is 10.1 Å². The van der Waals surface area contributed by atoms with E-state index in [-0.39, 0.29) is 24.8 Å². The molecule has 1 amide bonds. The number of alkyl halides is 4. The van der Waals surface area contributed by atoms with Crippen LogP contribution in [0.4, 0.5) is 19.1 Å². The first kappa shape index (κ1) is 11.2. The maximum atomic E-state index is 12.2. The summed E-state index contributed by atoms with van der Waals surface area (Å²) in [5, 5.41) is 4.66. The molecule has 0 spiro atoms. The maximum Gasteiger partial charge on any atom is 0.451 e. The molecule has 1 N–H and O–H groups in total. The number of anilines is 1. The fourth-order valence-electron chi connectivity index (χ4n) is 1.36. The van der Waals surface area contributed by atoms with E-state index in [1.807, 2.05) is 0 Å². The number of nitrogens with zero attached hydrogens (tertiary/aromatic N) is 3. The maximum absolute atomic E-state index is 12.2. The number of hydrogen-bond acceptors (Lipinski definition) is 3. The van der Waals surface area contributed by atoms with Crippen molar-refractivity contribution in [3.05, 3.63) is 5.82 Å². The number of aromatic nitrogens is 3. The second-order valence-electron chi connectivity index (χ2n) is 3.29. The molecule has 0 radical (unpaired) electrons. The quantitative estimate of drug-likeness (QED) is 0.765. The number of aromatic amines is 1. The molecule has 1 aliphatic rings.